The van der Waals surface area contributed by atoms with Crippen LogP contribution in [0.25, 0.3) is 20.4 Å². The van der Waals surface area contributed by atoms with Gasteiger partial charge in [0.15, 0.2) is 16.1 Å². The molecule has 0 aliphatic carbocycles. The van der Waals surface area contributed by atoms with E-state index >= 15 is 0 Å². The Morgan fingerprint density at radius 2 is 1.52 bits per heavy atom. The van der Waals surface area contributed by atoms with Crippen LogP contribution in [-0.2, 0) is 0 Å². The molecule has 138 valence electrons. The summed E-state index contributed by atoms with van der Waals surface area (Å²) in [4.78, 5) is 13.5. The molecule has 0 saturated carbocycles. The maximum absolute atomic E-state index is 13.9. The minimum atomic E-state index is -0.605. The Morgan fingerprint density at radius 3 is 2.26 bits per heavy atom. The largest absolute Gasteiger partial charge is 0.345 e. The molecule has 4 nitrogen and oxygen atoms in total. The maximum atomic E-state index is 13.9. The predicted octanol–water partition coefficient (Wildman–Crippen LogP) is 5.27. The summed E-state index contributed by atoms with van der Waals surface area (Å²) in [7, 11) is 0. The third kappa shape index (κ3) is 3.17. The average Bonchev–Trinajstić information content (AvgIpc) is 3.25. The molecule has 27 heavy (non-hydrogen) atoms. The Bertz CT molecular complexity index is 1150. The smallest absolute Gasteiger partial charge is 0.186 e. The SMILES string of the molecule is Fc1cc(F)c2nc(N3CCN(c4nc5ccc(Br)cc5s4)CC3)sc2c1. The first kappa shape index (κ1) is 17.3. The van der Waals surface area contributed by atoms with Crippen LogP contribution < -0.4 is 9.80 Å². The summed E-state index contributed by atoms with van der Waals surface area (Å²) >= 11 is 6.52. The van der Waals surface area contributed by atoms with Gasteiger partial charge in [0.25, 0.3) is 0 Å². The Morgan fingerprint density at radius 1 is 0.852 bits per heavy atom. The zero-order chi connectivity index (χ0) is 18.5. The molecule has 3 heterocycles. The van der Waals surface area contributed by atoms with Crippen molar-refractivity contribution in [2.75, 3.05) is 36.0 Å². The van der Waals surface area contributed by atoms with Gasteiger partial charge in [0.05, 0.1) is 14.9 Å². The van der Waals surface area contributed by atoms with Crippen molar-refractivity contribution >= 4 is 69.3 Å². The molecule has 9 heteroatoms. The highest BCUT2D eigenvalue weighted by molar-refractivity contribution is 9.10. The molecule has 1 fully saturated rings. The Labute approximate surface area is 170 Å². The van der Waals surface area contributed by atoms with Crippen molar-refractivity contribution in [3.05, 3.63) is 46.4 Å². The standard InChI is InChI=1S/C18H13BrF2N4S2/c19-10-1-2-13-14(7-10)26-17(22-13)24-3-5-25(6-4-24)18-23-16-12(21)8-11(20)9-15(16)27-18/h1-2,7-9H,3-6H2. The van der Waals surface area contributed by atoms with Gasteiger partial charge in [-0.3, -0.25) is 0 Å². The van der Waals surface area contributed by atoms with Gasteiger partial charge in [-0.05, 0) is 24.3 Å². The molecule has 1 aliphatic rings. The molecule has 0 spiro atoms. The summed E-state index contributed by atoms with van der Waals surface area (Å²) in [6.45, 7) is 3.16. The lowest BCUT2D eigenvalue weighted by molar-refractivity contribution is 0.591. The van der Waals surface area contributed by atoms with Gasteiger partial charge in [-0.15, -0.1) is 0 Å². The zero-order valence-corrected chi connectivity index (χ0v) is 17.2. The second-order valence-electron chi connectivity index (χ2n) is 6.31. The molecule has 0 amide bonds. The average molecular weight is 467 g/mol. The zero-order valence-electron chi connectivity index (χ0n) is 14.0. The van der Waals surface area contributed by atoms with E-state index in [1.807, 2.05) is 12.1 Å². The van der Waals surface area contributed by atoms with Gasteiger partial charge in [-0.2, -0.15) is 0 Å². The fraction of sp³-hybridized carbons (Fsp3) is 0.222. The first-order valence-electron chi connectivity index (χ1n) is 8.38. The molecule has 0 unspecified atom stereocenters. The van der Waals surface area contributed by atoms with Gasteiger partial charge in [0.1, 0.15) is 11.3 Å². The highest BCUT2D eigenvalue weighted by atomic mass is 79.9. The van der Waals surface area contributed by atoms with E-state index in [1.54, 1.807) is 11.3 Å². The third-order valence-electron chi connectivity index (χ3n) is 4.56. The number of benzene rings is 2. The van der Waals surface area contributed by atoms with E-state index in [4.69, 9.17) is 4.98 Å². The molecule has 4 aromatic rings. The summed E-state index contributed by atoms with van der Waals surface area (Å²) in [6, 6.07) is 8.33. The number of nitrogens with zero attached hydrogens (tertiary/aromatic N) is 4. The molecule has 2 aromatic heterocycles. The van der Waals surface area contributed by atoms with Crippen LogP contribution in [0.15, 0.2) is 34.8 Å². The highest BCUT2D eigenvalue weighted by Gasteiger charge is 2.23. The molecular formula is C18H13BrF2N4S2. The molecule has 5 rings (SSSR count). The van der Waals surface area contributed by atoms with Crippen LogP contribution in [0, 0.1) is 11.6 Å². The number of anilines is 2. The number of halogens is 3. The molecule has 0 N–H and O–H groups in total. The molecule has 1 saturated heterocycles. The second kappa shape index (κ2) is 6.65. The van der Waals surface area contributed by atoms with Crippen LogP contribution in [0.2, 0.25) is 0 Å². The van der Waals surface area contributed by atoms with Crippen LogP contribution in [0.5, 0.6) is 0 Å². The first-order chi connectivity index (χ1) is 13.1. The number of thiazole rings is 2. The molecular weight excluding hydrogens is 454 g/mol. The van der Waals surface area contributed by atoms with Crippen LogP contribution in [-0.4, -0.2) is 36.1 Å². The Kier molecular flexibility index (Phi) is 4.25. The summed E-state index contributed by atoms with van der Waals surface area (Å²) < 4.78 is 30.1. The molecule has 0 bridgehead atoms. The number of hydrogen-bond donors (Lipinski definition) is 0. The number of fused-ring (bicyclic) bond motifs is 2. The van der Waals surface area contributed by atoms with E-state index in [2.05, 4.69) is 36.8 Å². The van der Waals surface area contributed by atoms with E-state index in [0.717, 1.165) is 57.2 Å². The van der Waals surface area contributed by atoms with Gasteiger partial charge in [-0.25, -0.2) is 18.7 Å². The summed E-state index contributed by atoms with van der Waals surface area (Å²) in [5, 5.41) is 1.75. The Hall–Kier alpha value is -1.84. The molecule has 0 atom stereocenters. The first-order valence-corrected chi connectivity index (χ1v) is 10.8. The predicted molar refractivity (Wildman–Crippen MR) is 111 cm³/mol. The van der Waals surface area contributed by atoms with Crippen molar-refractivity contribution in [1.82, 2.24) is 9.97 Å². The van der Waals surface area contributed by atoms with Crippen molar-refractivity contribution in [2.24, 2.45) is 0 Å². The van der Waals surface area contributed by atoms with Gasteiger partial charge >= 0.3 is 0 Å². The van der Waals surface area contributed by atoms with Crippen molar-refractivity contribution in [2.45, 2.75) is 0 Å². The lowest BCUT2D eigenvalue weighted by Gasteiger charge is -2.34. The van der Waals surface area contributed by atoms with E-state index in [0.29, 0.717) is 4.70 Å². The van der Waals surface area contributed by atoms with Crippen molar-refractivity contribution in [1.29, 1.82) is 0 Å². The summed E-state index contributed by atoms with van der Waals surface area (Å²) in [6.07, 6.45) is 0. The normalized spacial score (nSPS) is 15.2. The summed E-state index contributed by atoms with van der Waals surface area (Å²) in [5.74, 6) is -1.17. The minimum Gasteiger partial charge on any atom is -0.345 e. The Balaban J connectivity index is 1.35. The van der Waals surface area contributed by atoms with Crippen LogP contribution in [0.3, 0.4) is 0 Å². The molecule has 1 aliphatic heterocycles. The van der Waals surface area contributed by atoms with E-state index in [9.17, 15) is 8.78 Å². The van der Waals surface area contributed by atoms with Crippen molar-refractivity contribution in [3.63, 3.8) is 0 Å². The van der Waals surface area contributed by atoms with Gasteiger partial charge in [0.2, 0.25) is 0 Å². The van der Waals surface area contributed by atoms with Crippen LogP contribution in [0.4, 0.5) is 19.0 Å². The van der Waals surface area contributed by atoms with Crippen molar-refractivity contribution in [3.8, 4) is 0 Å². The lowest BCUT2D eigenvalue weighted by Crippen LogP contribution is -2.46. The molecule has 2 aromatic carbocycles. The van der Waals surface area contributed by atoms with E-state index in [-0.39, 0.29) is 5.52 Å². The fourth-order valence-electron chi connectivity index (χ4n) is 3.19. The van der Waals surface area contributed by atoms with Crippen LogP contribution >= 0.6 is 38.6 Å². The third-order valence-corrected chi connectivity index (χ3v) is 7.20. The van der Waals surface area contributed by atoms with E-state index in [1.165, 1.54) is 17.4 Å². The molecule has 0 radical (unpaired) electrons. The van der Waals surface area contributed by atoms with Crippen LogP contribution in [0.1, 0.15) is 0 Å². The van der Waals surface area contributed by atoms with E-state index < -0.39 is 11.6 Å². The second-order valence-corrected chi connectivity index (χ2v) is 9.25. The lowest BCUT2D eigenvalue weighted by atomic mass is 10.3. The maximum Gasteiger partial charge on any atom is 0.186 e. The minimum absolute atomic E-state index is 0.246. The van der Waals surface area contributed by atoms with Crippen molar-refractivity contribution < 1.29 is 8.78 Å². The van der Waals surface area contributed by atoms with Gasteiger partial charge in [0, 0.05) is 36.7 Å². The number of rotatable bonds is 2. The monoisotopic (exact) mass is 466 g/mol. The highest BCUT2D eigenvalue weighted by Crippen LogP contribution is 2.34. The van der Waals surface area contributed by atoms with Gasteiger partial charge < -0.3 is 9.80 Å². The number of hydrogen-bond acceptors (Lipinski definition) is 6. The number of aromatic nitrogens is 2. The summed E-state index contributed by atoms with van der Waals surface area (Å²) in [5.41, 5.74) is 1.25. The van der Waals surface area contributed by atoms with Gasteiger partial charge in [-0.1, -0.05) is 38.6 Å². The fourth-order valence-corrected chi connectivity index (χ4v) is 5.82. The number of piperazine rings is 1. The quantitative estimate of drug-likeness (QED) is 0.402. The topological polar surface area (TPSA) is 32.3 Å².